The van der Waals surface area contributed by atoms with Gasteiger partial charge in [0.1, 0.15) is 5.75 Å². The summed E-state index contributed by atoms with van der Waals surface area (Å²) >= 11 is 0. The van der Waals surface area contributed by atoms with Gasteiger partial charge in [-0.05, 0) is 45.9 Å². The molecule has 0 fully saturated rings. The number of ether oxygens (including phenoxy) is 1. The van der Waals surface area contributed by atoms with Crippen LogP contribution in [0.15, 0.2) is 18.2 Å². The normalized spacial score (nSPS) is 18.0. The van der Waals surface area contributed by atoms with E-state index in [0.717, 1.165) is 30.2 Å². The number of hydrogen-bond donors (Lipinski definition) is 3. The fourth-order valence-electron chi connectivity index (χ4n) is 1.96. The maximum absolute atomic E-state index is 11.6. The second kappa shape index (κ2) is 5.71. The van der Waals surface area contributed by atoms with Crippen LogP contribution in [0.2, 0.25) is 0 Å². The van der Waals surface area contributed by atoms with Gasteiger partial charge in [-0.3, -0.25) is 4.79 Å². The Morgan fingerprint density at radius 3 is 2.75 bits per heavy atom. The zero-order valence-corrected chi connectivity index (χ0v) is 12.5. The van der Waals surface area contributed by atoms with Crippen LogP contribution in [0.4, 0.5) is 11.4 Å². The van der Waals surface area contributed by atoms with Crippen LogP contribution in [0.5, 0.6) is 5.75 Å². The predicted octanol–water partition coefficient (Wildman–Crippen LogP) is 2.21. The Morgan fingerprint density at radius 1 is 1.30 bits per heavy atom. The highest BCUT2D eigenvalue weighted by Gasteiger charge is 2.23. The summed E-state index contributed by atoms with van der Waals surface area (Å²) in [6.45, 7) is 9.85. The summed E-state index contributed by atoms with van der Waals surface area (Å²) in [6.07, 6.45) is -0.433. The highest BCUT2D eigenvalue weighted by Crippen LogP contribution is 2.31. The number of fused-ring (bicyclic) bond motifs is 1. The van der Waals surface area contributed by atoms with E-state index in [-0.39, 0.29) is 11.4 Å². The van der Waals surface area contributed by atoms with Crippen LogP contribution < -0.4 is 20.7 Å². The van der Waals surface area contributed by atoms with Crippen molar-refractivity contribution in [2.24, 2.45) is 0 Å². The third kappa shape index (κ3) is 3.87. The molecule has 5 heteroatoms. The van der Waals surface area contributed by atoms with Crippen molar-refractivity contribution in [1.29, 1.82) is 0 Å². The Kier molecular flexibility index (Phi) is 4.18. The lowest BCUT2D eigenvalue weighted by Gasteiger charge is -2.24. The minimum atomic E-state index is -0.433. The third-order valence-electron chi connectivity index (χ3n) is 3.02. The largest absolute Gasteiger partial charge is 0.479 e. The third-order valence-corrected chi connectivity index (χ3v) is 3.02. The van der Waals surface area contributed by atoms with Gasteiger partial charge in [0.05, 0.1) is 5.69 Å². The van der Waals surface area contributed by atoms with E-state index in [9.17, 15) is 4.79 Å². The van der Waals surface area contributed by atoms with E-state index in [4.69, 9.17) is 4.74 Å². The molecule has 3 N–H and O–H groups in total. The van der Waals surface area contributed by atoms with Gasteiger partial charge >= 0.3 is 0 Å². The van der Waals surface area contributed by atoms with Gasteiger partial charge in [-0.2, -0.15) is 0 Å². The van der Waals surface area contributed by atoms with Crippen LogP contribution in [0.1, 0.15) is 27.7 Å². The number of anilines is 2. The fourth-order valence-corrected chi connectivity index (χ4v) is 1.96. The van der Waals surface area contributed by atoms with Crippen molar-refractivity contribution >= 4 is 17.3 Å². The molecular weight excluding hydrogens is 254 g/mol. The lowest BCUT2D eigenvalue weighted by molar-refractivity contribution is -0.122. The Bertz CT molecular complexity index is 494. The van der Waals surface area contributed by atoms with E-state index in [1.54, 1.807) is 6.92 Å². The van der Waals surface area contributed by atoms with E-state index in [0.29, 0.717) is 0 Å². The molecule has 2 rings (SSSR count). The first-order valence-corrected chi connectivity index (χ1v) is 6.96. The molecule has 1 aromatic rings. The van der Waals surface area contributed by atoms with Crippen molar-refractivity contribution < 1.29 is 9.53 Å². The zero-order valence-electron chi connectivity index (χ0n) is 12.5. The van der Waals surface area contributed by atoms with Gasteiger partial charge in [-0.15, -0.1) is 0 Å². The zero-order chi connectivity index (χ0) is 14.8. The molecule has 1 heterocycles. The van der Waals surface area contributed by atoms with Crippen LogP contribution >= 0.6 is 0 Å². The molecule has 1 unspecified atom stereocenters. The Labute approximate surface area is 120 Å². The molecule has 110 valence electrons. The minimum Gasteiger partial charge on any atom is -0.479 e. The van der Waals surface area contributed by atoms with Crippen molar-refractivity contribution in [2.75, 3.05) is 23.7 Å². The maximum Gasteiger partial charge on any atom is 0.265 e. The summed E-state index contributed by atoms with van der Waals surface area (Å²) in [6, 6.07) is 5.74. The second-order valence-corrected chi connectivity index (χ2v) is 6.06. The molecule has 20 heavy (non-hydrogen) atoms. The number of carbonyl (C=O) groups is 1. The van der Waals surface area contributed by atoms with Gasteiger partial charge in [-0.25, -0.2) is 0 Å². The van der Waals surface area contributed by atoms with E-state index in [2.05, 4.69) is 36.7 Å². The summed E-state index contributed by atoms with van der Waals surface area (Å²) in [5.74, 6) is 0.611. The van der Waals surface area contributed by atoms with Crippen LogP contribution in [-0.4, -0.2) is 30.6 Å². The van der Waals surface area contributed by atoms with Gasteiger partial charge in [0.25, 0.3) is 5.91 Å². The average molecular weight is 277 g/mol. The quantitative estimate of drug-likeness (QED) is 0.738. The lowest BCUT2D eigenvalue weighted by Crippen LogP contribution is -2.38. The van der Waals surface area contributed by atoms with Crippen molar-refractivity contribution in [3.05, 3.63) is 18.2 Å². The van der Waals surface area contributed by atoms with Crippen LogP contribution in [0.25, 0.3) is 0 Å². The monoisotopic (exact) mass is 277 g/mol. The molecule has 0 saturated carbocycles. The molecule has 1 aliphatic rings. The summed E-state index contributed by atoms with van der Waals surface area (Å²) < 4.78 is 5.52. The molecule has 1 aromatic carbocycles. The molecule has 1 aliphatic heterocycles. The topological polar surface area (TPSA) is 62.4 Å². The number of carbonyl (C=O) groups excluding carboxylic acids is 1. The molecule has 5 nitrogen and oxygen atoms in total. The summed E-state index contributed by atoms with van der Waals surface area (Å²) in [5, 5.41) is 9.58. The number of benzene rings is 1. The van der Waals surface area contributed by atoms with Gasteiger partial charge in [0, 0.05) is 24.3 Å². The highest BCUT2D eigenvalue weighted by molar-refractivity contribution is 5.98. The summed E-state index contributed by atoms with van der Waals surface area (Å²) in [5.41, 5.74) is 1.81. The van der Waals surface area contributed by atoms with Gasteiger partial charge in [0.2, 0.25) is 0 Å². The molecule has 0 radical (unpaired) electrons. The Morgan fingerprint density at radius 2 is 2.05 bits per heavy atom. The molecular formula is C15H23N3O2. The van der Waals surface area contributed by atoms with Crippen molar-refractivity contribution in [3.63, 3.8) is 0 Å². The SMILES string of the molecule is CC1Oc2ccc(NCCNC(C)(C)C)cc2NC1=O. The molecule has 1 atom stereocenters. The average Bonchev–Trinajstić information content (AvgIpc) is 2.35. The minimum absolute atomic E-state index is 0.107. The molecule has 0 saturated heterocycles. The number of nitrogens with one attached hydrogen (secondary N) is 3. The first-order chi connectivity index (χ1) is 9.35. The molecule has 0 aromatic heterocycles. The summed E-state index contributed by atoms with van der Waals surface area (Å²) in [7, 11) is 0. The molecule has 0 bridgehead atoms. The van der Waals surface area contributed by atoms with Gasteiger partial charge in [-0.1, -0.05) is 0 Å². The van der Waals surface area contributed by atoms with Gasteiger partial charge in [0.15, 0.2) is 6.10 Å². The first kappa shape index (κ1) is 14.7. The van der Waals surface area contributed by atoms with E-state index >= 15 is 0 Å². The van der Waals surface area contributed by atoms with Crippen molar-refractivity contribution in [3.8, 4) is 5.75 Å². The van der Waals surface area contributed by atoms with Gasteiger partial charge < -0.3 is 20.7 Å². The Balaban J connectivity index is 1.91. The smallest absolute Gasteiger partial charge is 0.265 e. The lowest BCUT2D eigenvalue weighted by atomic mass is 10.1. The predicted molar refractivity (Wildman–Crippen MR) is 81.4 cm³/mol. The van der Waals surface area contributed by atoms with Crippen LogP contribution in [0.3, 0.4) is 0 Å². The fraction of sp³-hybridized carbons (Fsp3) is 0.533. The molecule has 1 amide bonds. The standard InChI is InChI=1S/C15H23N3O2/c1-10-14(19)18-12-9-11(5-6-13(12)20-10)16-7-8-17-15(2,3)4/h5-6,9-10,16-17H,7-8H2,1-4H3,(H,18,19). The first-order valence-electron chi connectivity index (χ1n) is 6.96. The van der Waals surface area contributed by atoms with Crippen LogP contribution in [0, 0.1) is 0 Å². The Hall–Kier alpha value is -1.75. The maximum atomic E-state index is 11.6. The van der Waals surface area contributed by atoms with E-state index in [1.165, 1.54) is 0 Å². The second-order valence-electron chi connectivity index (χ2n) is 6.06. The van der Waals surface area contributed by atoms with Crippen LogP contribution in [-0.2, 0) is 4.79 Å². The van der Waals surface area contributed by atoms with Crippen molar-refractivity contribution in [1.82, 2.24) is 5.32 Å². The van der Waals surface area contributed by atoms with E-state index in [1.807, 2.05) is 18.2 Å². The number of hydrogen-bond acceptors (Lipinski definition) is 4. The summed E-state index contributed by atoms with van der Waals surface area (Å²) in [4.78, 5) is 11.6. The number of amides is 1. The molecule has 0 aliphatic carbocycles. The van der Waals surface area contributed by atoms with Crippen molar-refractivity contribution in [2.45, 2.75) is 39.3 Å². The number of rotatable bonds is 4. The highest BCUT2D eigenvalue weighted by atomic mass is 16.5. The molecule has 0 spiro atoms. The van der Waals surface area contributed by atoms with E-state index < -0.39 is 6.10 Å².